The van der Waals surface area contributed by atoms with Crippen LogP contribution in [-0.4, -0.2) is 42.1 Å². The number of hydrogen-bond donors (Lipinski definition) is 2. The van der Waals surface area contributed by atoms with Gasteiger partial charge in [-0.25, -0.2) is 9.78 Å². The largest absolute Gasteiger partial charge is 0.465 e. The molecule has 8 heteroatoms. The summed E-state index contributed by atoms with van der Waals surface area (Å²) in [5, 5.41) is 3.06. The summed E-state index contributed by atoms with van der Waals surface area (Å²) in [7, 11) is 5.16. The molecule has 2 rings (SSSR count). The van der Waals surface area contributed by atoms with E-state index in [1.54, 1.807) is 6.20 Å². The number of carbonyl (C=O) groups excluding carboxylic acids is 1. The number of anilines is 3. The fourth-order valence-corrected chi connectivity index (χ4v) is 1.93. The lowest BCUT2D eigenvalue weighted by molar-refractivity contribution is 0.0601. The molecule has 0 aliphatic heterocycles. The molecule has 0 amide bonds. The van der Waals surface area contributed by atoms with Crippen LogP contribution in [0.1, 0.15) is 16.1 Å². The average molecular weight is 302 g/mol. The van der Waals surface area contributed by atoms with Gasteiger partial charge in [-0.1, -0.05) is 0 Å². The highest BCUT2D eigenvalue weighted by Crippen LogP contribution is 2.19. The molecule has 0 aliphatic carbocycles. The van der Waals surface area contributed by atoms with E-state index in [1.807, 2.05) is 31.1 Å². The van der Waals surface area contributed by atoms with E-state index in [4.69, 9.17) is 10.5 Å². The molecule has 0 saturated heterocycles. The first-order valence-electron chi connectivity index (χ1n) is 6.59. The van der Waals surface area contributed by atoms with Gasteiger partial charge in [-0.2, -0.15) is 4.98 Å². The van der Waals surface area contributed by atoms with Crippen molar-refractivity contribution >= 4 is 23.4 Å². The van der Waals surface area contributed by atoms with Crippen LogP contribution in [0.2, 0.25) is 0 Å². The molecule has 0 bridgehead atoms. The number of pyridine rings is 1. The Labute approximate surface area is 128 Å². The summed E-state index contributed by atoms with van der Waals surface area (Å²) in [6.45, 7) is 0.384. The van der Waals surface area contributed by atoms with E-state index in [0.29, 0.717) is 12.4 Å². The van der Waals surface area contributed by atoms with Crippen molar-refractivity contribution in [2.24, 2.45) is 0 Å². The molecule has 0 unspecified atom stereocenters. The first kappa shape index (κ1) is 15.5. The van der Waals surface area contributed by atoms with Crippen LogP contribution in [0.3, 0.4) is 0 Å². The molecule has 0 aromatic carbocycles. The highest BCUT2D eigenvalue weighted by Gasteiger charge is 2.15. The monoisotopic (exact) mass is 302 g/mol. The van der Waals surface area contributed by atoms with Crippen LogP contribution in [0, 0.1) is 0 Å². The van der Waals surface area contributed by atoms with Gasteiger partial charge in [0, 0.05) is 26.5 Å². The summed E-state index contributed by atoms with van der Waals surface area (Å²) in [6.07, 6.45) is 3.04. The van der Waals surface area contributed by atoms with E-state index >= 15 is 0 Å². The van der Waals surface area contributed by atoms with Gasteiger partial charge in [0.05, 0.1) is 25.0 Å². The Morgan fingerprint density at radius 3 is 2.86 bits per heavy atom. The summed E-state index contributed by atoms with van der Waals surface area (Å²) in [5.41, 5.74) is 7.59. The maximum atomic E-state index is 11.7. The fraction of sp³-hybridized carbons (Fsp3) is 0.286. The van der Waals surface area contributed by atoms with Crippen molar-refractivity contribution in [3.8, 4) is 0 Å². The van der Waals surface area contributed by atoms with Crippen LogP contribution < -0.4 is 16.0 Å². The van der Waals surface area contributed by atoms with E-state index < -0.39 is 5.97 Å². The summed E-state index contributed by atoms with van der Waals surface area (Å²) < 4.78 is 4.71. The zero-order valence-electron chi connectivity index (χ0n) is 12.7. The number of methoxy groups -OCH3 is 1. The highest BCUT2D eigenvalue weighted by atomic mass is 16.5. The number of nitrogens with two attached hydrogens (primary N) is 1. The average Bonchev–Trinajstić information content (AvgIpc) is 2.52. The summed E-state index contributed by atoms with van der Waals surface area (Å²) in [4.78, 5) is 25.9. The van der Waals surface area contributed by atoms with E-state index in [1.165, 1.54) is 13.3 Å². The van der Waals surface area contributed by atoms with Gasteiger partial charge in [-0.05, 0) is 12.1 Å². The maximum absolute atomic E-state index is 11.7. The Bertz CT molecular complexity index is 674. The molecule has 2 heterocycles. The number of nitrogens with zero attached hydrogens (tertiary/aromatic N) is 4. The van der Waals surface area contributed by atoms with Gasteiger partial charge in [0.2, 0.25) is 5.95 Å². The zero-order valence-corrected chi connectivity index (χ0v) is 12.7. The topological polar surface area (TPSA) is 106 Å². The molecule has 3 N–H and O–H groups in total. The van der Waals surface area contributed by atoms with Crippen LogP contribution in [0.4, 0.5) is 17.5 Å². The van der Waals surface area contributed by atoms with Gasteiger partial charge in [-0.15, -0.1) is 0 Å². The molecule has 22 heavy (non-hydrogen) atoms. The summed E-state index contributed by atoms with van der Waals surface area (Å²) in [6, 6.07) is 3.82. The second-order valence-electron chi connectivity index (χ2n) is 4.70. The molecule has 8 nitrogen and oxygen atoms in total. The number of nitrogen functional groups attached to an aromatic ring is 1. The molecule has 0 radical (unpaired) electrons. The van der Waals surface area contributed by atoms with Crippen LogP contribution in [0.25, 0.3) is 0 Å². The van der Waals surface area contributed by atoms with Gasteiger partial charge in [-0.3, -0.25) is 4.98 Å². The van der Waals surface area contributed by atoms with Crippen molar-refractivity contribution in [1.29, 1.82) is 0 Å². The Morgan fingerprint density at radius 2 is 2.18 bits per heavy atom. The molecule has 0 fully saturated rings. The van der Waals surface area contributed by atoms with Crippen molar-refractivity contribution in [1.82, 2.24) is 15.0 Å². The minimum Gasteiger partial charge on any atom is -0.465 e. The van der Waals surface area contributed by atoms with Crippen molar-refractivity contribution < 1.29 is 9.53 Å². The molecule has 116 valence electrons. The highest BCUT2D eigenvalue weighted by molar-refractivity contribution is 5.94. The number of hydrogen-bond acceptors (Lipinski definition) is 8. The van der Waals surface area contributed by atoms with E-state index in [0.717, 1.165) is 11.4 Å². The summed E-state index contributed by atoms with van der Waals surface area (Å²) >= 11 is 0. The van der Waals surface area contributed by atoms with Gasteiger partial charge in [0.25, 0.3) is 0 Å². The zero-order chi connectivity index (χ0) is 16.1. The number of rotatable bonds is 5. The maximum Gasteiger partial charge on any atom is 0.343 e. The third-order valence-corrected chi connectivity index (χ3v) is 2.98. The van der Waals surface area contributed by atoms with Crippen LogP contribution >= 0.6 is 0 Å². The van der Waals surface area contributed by atoms with E-state index in [-0.39, 0.29) is 11.5 Å². The molecule has 2 aromatic rings. The fourth-order valence-electron chi connectivity index (χ4n) is 1.93. The van der Waals surface area contributed by atoms with Crippen molar-refractivity contribution in [2.75, 3.05) is 37.2 Å². The second kappa shape index (κ2) is 6.70. The van der Waals surface area contributed by atoms with Gasteiger partial charge in [0.15, 0.2) is 0 Å². The smallest absolute Gasteiger partial charge is 0.343 e. The SMILES string of the molecule is COC(=O)c1cnc(N)nc1NCc1ncccc1N(C)C. The quantitative estimate of drug-likeness (QED) is 0.785. The number of nitrogens with one attached hydrogen (secondary N) is 1. The Hall–Kier alpha value is -2.90. The predicted molar refractivity (Wildman–Crippen MR) is 83.7 cm³/mol. The third-order valence-electron chi connectivity index (χ3n) is 2.98. The molecular formula is C14H18N6O2. The van der Waals surface area contributed by atoms with Crippen molar-refractivity contribution in [3.63, 3.8) is 0 Å². The first-order chi connectivity index (χ1) is 10.5. The lowest BCUT2D eigenvalue weighted by Crippen LogP contribution is -2.16. The molecule has 2 aromatic heterocycles. The second-order valence-corrected chi connectivity index (χ2v) is 4.70. The van der Waals surface area contributed by atoms with Gasteiger partial charge < -0.3 is 20.7 Å². The van der Waals surface area contributed by atoms with E-state index in [9.17, 15) is 4.79 Å². The normalized spacial score (nSPS) is 10.1. The Kier molecular flexibility index (Phi) is 4.72. The number of esters is 1. The van der Waals surface area contributed by atoms with Crippen LogP contribution in [0.15, 0.2) is 24.5 Å². The Balaban J connectivity index is 2.25. The molecule has 0 saturated carbocycles. The van der Waals surface area contributed by atoms with Crippen LogP contribution in [0.5, 0.6) is 0 Å². The molecule has 0 spiro atoms. The summed E-state index contributed by atoms with van der Waals surface area (Å²) in [5.74, 6) is -0.143. The number of ether oxygens (including phenoxy) is 1. The molecule has 0 atom stereocenters. The first-order valence-corrected chi connectivity index (χ1v) is 6.59. The lowest BCUT2D eigenvalue weighted by atomic mass is 10.2. The predicted octanol–water partition coefficient (Wildman–Crippen LogP) is 0.918. The third kappa shape index (κ3) is 3.40. The lowest BCUT2D eigenvalue weighted by Gasteiger charge is -2.17. The molecular weight excluding hydrogens is 284 g/mol. The minimum absolute atomic E-state index is 0.0732. The Morgan fingerprint density at radius 1 is 1.41 bits per heavy atom. The van der Waals surface area contributed by atoms with Gasteiger partial charge >= 0.3 is 5.97 Å². The standard InChI is InChI=1S/C14H18N6O2/c1-20(2)11-5-4-6-16-10(11)8-17-12-9(13(21)22-3)7-18-14(15)19-12/h4-7H,8H2,1-3H3,(H3,15,17,18,19). The number of aromatic nitrogens is 3. The van der Waals surface area contributed by atoms with Crippen molar-refractivity contribution in [2.45, 2.75) is 6.54 Å². The van der Waals surface area contributed by atoms with Crippen molar-refractivity contribution in [3.05, 3.63) is 35.8 Å². The van der Waals surface area contributed by atoms with E-state index in [2.05, 4.69) is 20.3 Å². The number of carbonyl (C=O) groups is 1. The van der Waals surface area contributed by atoms with Crippen LogP contribution in [-0.2, 0) is 11.3 Å². The van der Waals surface area contributed by atoms with Gasteiger partial charge in [0.1, 0.15) is 11.4 Å². The minimum atomic E-state index is -0.531. The molecule has 0 aliphatic rings.